The Labute approximate surface area is 74.1 Å². The molecule has 0 radical (unpaired) electrons. The maximum Gasteiger partial charge on any atom is 0.471 e. The Morgan fingerprint density at radius 1 is 1.54 bits per heavy atom. The standard InChI is InChI=1S/C7H12F3NO2/c1-5(12)3-4-11(2)6(13)7(8,9)10/h5,12H,3-4H2,1-2H3. The van der Waals surface area contributed by atoms with Crippen LogP contribution >= 0.6 is 0 Å². The third-order valence-corrected chi connectivity index (χ3v) is 1.47. The fourth-order valence-electron chi connectivity index (χ4n) is 0.698. The summed E-state index contributed by atoms with van der Waals surface area (Å²) in [4.78, 5) is 11.0. The highest BCUT2D eigenvalue weighted by Crippen LogP contribution is 2.17. The summed E-state index contributed by atoms with van der Waals surface area (Å²) in [5.41, 5.74) is 0. The minimum Gasteiger partial charge on any atom is -0.393 e. The van der Waals surface area contributed by atoms with Crippen LogP contribution in [-0.2, 0) is 4.79 Å². The first-order chi connectivity index (χ1) is 5.75. The highest BCUT2D eigenvalue weighted by atomic mass is 19.4. The van der Waals surface area contributed by atoms with E-state index in [-0.39, 0.29) is 13.0 Å². The van der Waals surface area contributed by atoms with Crippen LogP contribution in [0.1, 0.15) is 13.3 Å². The Balaban J connectivity index is 3.98. The number of aliphatic hydroxyl groups is 1. The van der Waals surface area contributed by atoms with E-state index in [1.54, 1.807) is 0 Å². The van der Waals surface area contributed by atoms with Crippen molar-refractivity contribution < 1.29 is 23.1 Å². The van der Waals surface area contributed by atoms with Gasteiger partial charge in [0.05, 0.1) is 6.10 Å². The fourth-order valence-corrected chi connectivity index (χ4v) is 0.698. The number of aliphatic hydroxyl groups excluding tert-OH is 1. The molecule has 1 N–H and O–H groups in total. The second-order valence-electron chi connectivity index (χ2n) is 2.86. The van der Waals surface area contributed by atoms with Crippen LogP contribution in [0.4, 0.5) is 13.2 Å². The Kier molecular flexibility index (Phi) is 4.19. The minimum absolute atomic E-state index is 0.101. The number of hydrogen-bond donors (Lipinski definition) is 1. The molecule has 0 aliphatic carbocycles. The molecule has 0 aliphatic rings. The predicted molar refractivity (Wildman–Crippen MR) is 40.0 cm³/mol. The highest BCUT2D eigenvalue weighted by Gasteiger charge is 2.40. The van der Waals surface area contributed by atoms with Gasteiger partial charge in [-0.1, -0.05) is 0 Å². The molecule has 3 nitrogen and oxygen atoms in total. The van der Waals surface area contributed by atoms with Crippen molar-refractivity contribution in [2.45, 2.75) is 25.6 Å². The molecule has 0 saturated heterocycles. The molecule has 78 valence electrons. The van der Waals surface area contributed by atoms with Gasteiger partial charge in [0.1, 0.15) is 0 Å². The van der Waals surface area contributed by atoms with Crippen LogP contribution in [0.25, 0.3) is 0 Å². The number of nitrogens with zero attached hydrogens (tertiary/aromatic N) is 1. The number of rotatable bonds is 3. The molecule has 1 atom stereocenters. The Morgan fingerprint density at radius 2 is 2.00 bits per heavy atom. The van der Waals surface area contributed by atoms with Crippen molar-refractivity contribution in [3.8, 4) is 0 Å². The van der Waals surface area contributed by atoms with Gasteiger partial charge in [0, 0.05) is 13.6 Å². The summed E-state index contributed by atoms with van der Waals surface area (Å²) in [6.45, 7) is 1.35. The van der Waals surface area contributed by atoms with E-state index in [0.29, 0.717) is 4.90 Å². The predicted octanol–water partition coefficient (Wildman–Crippen LogP) is 0.778. The summed E-state index contributed by atoms with van der Waals surface area (Å²) in [6, 6.07) is 0. The summed E-state index contributed by atoms with van der Waals surface area (Å²) in [6.07, 6.45) is -5.39. The molecule has 13 heavy (non-hydrogen) atoms. The molecule has 0 bridgehead atoms. The van der Waals surface area contributed by atoms with Gasteiger partial charge >= 0.3 is 12.1 Å². The zero-order valence-corrected chi connectivity index (χ0v) is 7.43. The van der Waals surface area contributed by atoms with Crippen molar-refractivity contribution in [1.29, 1.82) is 0 Å². The van der Waals surface area contributed by atoms with Crippen molar-refractivity contribution in [1.82, 2.24) is 4.90 Å². The van der Waals surface area contributed by atoms with Crippen LogP contribution in [0, 0.1) is 0 Å². The Morgan fingerprint density at radius 3 is 2.31 bits per heavy atom. The quantitative estimate of drug-likeness (QED) is 0.729. The SMILES string of the molecule is CC(O)CCN(C)C(=O)C(F)(F)F. The van der Waals surface area contributed by atoms with E-state index in [2.05, 4.69) is 0 Å². The van der Waals surface area contributed by atoms with E-state index in [4.69, 9.17) is 5.11 Å². The van der Waals surface area contributed by atoms with E-state index >= 15 is 0 Å². The zero-order valence-electron chi connectivity index (χ0n) is 7.43. The number of alkyl halides is 3. The summed E-state index contributed by atoms with van der Waals surface area (Å²) in [7, 11) is 1.05. The molecule has 6 heteroatoms. The zero-order chi connectivity index (χ0) is 10.6. The molecular formula is C7H12F3NO2. The molecule has 1 amide bonds. The lowest BCUT2D eigenvalue weighted by atomic mass is 10.3. The highest BCUT2D eigenvalue weighted by molar-refractivity contribution is 5.81. The number of halogens is 3. The van der Waals surface area contributed by atoms with Crippen molar-refractivity contribution >= 4 is 5.91 Å². The van der Waals surface area contributed by atoms with E-state index in [9.17, 15) is 18.0 Å². The monoisotopic (exact) mass is 199 g/mol. The Bertz CT molecular complexity index is 179. The van der Waals surface area contributed by atoms with Crippen LogP contribution in [0.2, 0.25) is 0 Å². The summed E-state index contributed by atoms with van der Waals surface area (Å²) >= 11 is 0. The molecule has 0 fully saturated rings. The van der Waals surface area contributed by atoms with Gasteiger partial charge in [0.2, 0.25) is 0 Å². The number of carbonyl (C=O) groups excluding carboxylic acids is 1. The molecule has 0 heterocycles. The van der Waals surface area contributed by atoms with Crippen molar-refractivity contribution in [3.05, 3.63) is 0 Å². The van der Waals surface area contributed by atoms with Gasteiger partial charge in [0.15, 0.2) is 0 Å². The molecule has 0 aromatic carbocycles. The van der Waals surface area contributed by atoms with Gasteiger partial charge in [-0.15, -0.1) is 0 Å². The molecule has 0 aliphatic heterocycles. The number of amides is 1. The Hall–Kier alpha value is -0.780. The molecule has 0 aromatic heterocycles. The first-order valence-corrected chi connectivity index (χ1v) is 3.75. The molecule has 1 unspecified atom stereocenters. The van der Waals surface area contributed by atoms with E-state index < -0.39 is 18.2 Å². The number of carbonyl (C=O) groups is 1. The largest absolute Gasteiger partial charge is 0.471 e. The smallest absolute Gasteiger partial charge is 0.393 e. The molecule has 0 aromatic rings. The number of hydrogen-bond acceptors (Lipinski definition) is 2. The maximum atomic E-state index is 11.8. The van der Waals surface area contributed by atoms with Gasteiger partial charge < -0.3 is 10.0 Å². The maximum absolute atomic E-state index is 11.8. The van der Waals surface area contributed by atoms with Gasteiger partial charge in [-0.2, -0.15) is 13.2 Å². The lowest BCUT2D eigenvalue weighted by molar-refractivity contribution is -0.184. The van der Waals surface area contributed by atoms with Gasteiger partial charge in [0.25, 0.3) is 0 Å². The average Bonchev–Trinajstić information content (AvgIpc) is 1.96. The van der Waals surface area contributed by atoms with Crippen molar-refractivity contribution in [3.63, 3.8) is 0 Å². The molecular weight excluding hydrogens is 187 g/mol. The third kappa shape index (κ3) is 4.72. The summed E-state index contributed by atoms with van der Waals surface area (Å²) in [5.74, 6) is -1.88. The lowest BCUT2D eigenvalue weighted by Crippen LogP contribution is -2.39. The van der Waals surface area contributed by atoms with Gasteiger partial charge in [-0.25, -0.2) is 0 Å². The normalized spacial score (nSPS) is 14.0. The van der Waals surface area contributed by atoms with E-state index in [0.717, 1.165) is 7.05 Å². The second kappa shape index (κ2) is 4.45. The van der Waals surface area contributed by atoms with Crippen LogP contribution in [0.3, 0.4) is 0 Å². The van der Waals surface area contributed by atoms with Gasteiger partial charge in [-0.05, 0) is 13.3 Å². The van der Waals surface area contributed by atoms with Crippen LogP contribution in [-0.4, -0.2) is 41.8 Å². The van der Waals surface area contributed by atoms with Crippen LogP contribution in [0.15, 0.2) is 0 Å². The molecule has 0 saturated carbocycles. The van der Waals surface area contributed by atoms with Crippen LogP contribution < -0.4 is 0 Å². The lowest BCUT2D eigenvalue weighted by Gasteiger charge is -2.18. The fraction of sp³-hybridized carbons (Fsp3) is 0.857. The minimum atomic E-state index is -4.83. The molecule has 0 spiro atoms. The topological polar surface area (TPSA) is 40.5 Å². The first-order valence-electron chi connectivity index (χ1n) is 3.75. The summed E-state index contributed by atoms with van der Waals surface area (Å²) < 4.78 is 35.3. The average molecular weight is 199 g/mol. The van der Waals surface area contributed by atoms with Gasteiger partial charge in [-0.3, -0.25) is 4.79 Å². The van der Waals surface area contributed by atoms with Crippen LogP contribution in [0.5, 0.6) is 0 Å². The van der Waals surface area contributed by atoms with E-state index in [1.165, 1.54) is 6.92 Å². The molecule has 0 rings (SSSR count). The second-order valence-corrected chi connectivity index (χ2v) is 2.86. The van der Waals surface area contributed by atoms with E-state index in [1.807, 2.05) is 0 Å². The summed E-state index contributed by atoms with van der Waals surface area (Å²) in [5, 5.41) is 8.77. The van der Waals surface area contributed by atoms with Crippen molar-refractivity contribution in [2.24, 2.45) is 0 Å². The third-order valence-electron chi connectivity index (χ3n) is 1.47. The van der Waals surface area contributed by atoms with Crippen molar-refractivity contribution in [2.75, 3.05) is 13.6 Å². The first kappa shape index (κ1) is 12.2.